The fourth-order valence-corrected chi connectivity index (χ4v) is 1.89. The van der Waals surface area contributed by atoms with E-state index in [2.05, 4.69) is 0 Å². The van der Waals surface area contributed by atoms with Crippen molar-refractivity contribution in [3.63, 3.8) is 0 Å². The molecule has 5 atom stereocenters. The number of hydrogen-bond donors (Lipinski definition) is 4. The van der Waals surface area contributed by atoms with E-state index in [0.717, 1.165) is 0 Å². The van der Waals surface area contributed by atoms with E-state index in [-0.39, 0.29) is 0 Å². The van der Waals surface area contributed by atoms with Gasteiger partial charge in [0.05, 0.1) is 0 Å². The van der Waals surface area contributed by atoms with Gasteiger partial charge >= 0.3 is 5.97 Å². The topological polar surface area (TPSA) is 111 Å². The van der Waals surface area contributed by atoms with Gasteiger partial charge in [-0.2, -0.15) is 4.57 Å². The highest BCUT2D eigenvalue weighted by molar-refractivity contribution is 5.73. The minimum absolute atomic E-state index is 1.06. The molecule has 0 aliphatic carbocycles. The maximum Gasteiger partial charge on any atom is 0.335 e. The minimum atomic E-state index is -1.67. The first kappa shape index (κ1) is 12.9. The number of aliphatic hydroxyl groups is 3. The molecule has 2 heterocycles. The molecule has 7 heteroatoms. The maximum atomic E-state index is 10.9. The van der Waals surface area contributed by atoms with Crippen molar-refractivity contribution in [3.05, 3.63) is 30.6 Å². The Hall–Kier alpha value is -1.54. The third-order valence-electron chi connectivity index (χ3n) is 2.86. The number of hydrogen-bond acceptors (Lipinski definition) is 5. The lowest BCUT2D eigenvalue weighted by atomic mass is 9.98. The van der Waals surface area contributed by atoms with E-state index >= 15 is 0 Å². The second kappa shape index (κ2) is 4.99. The average Bonchev–Trinajstić information content (AvgIpc) is 2.37. The second-order valence-electron chi connectivity index (χ2n) is 4.08. The van der Waals surface area contributed by atoms with Crippen molar-refractivity contribution in [2.75, 3.05) is 0 Å². The monoisotopic (exact) mass is 256 g/mol. The molecule has 0 amide bonds. The number of nitrogens with zero attached hydrogens (tertiary/aromatic N) is 1. The largest absolute Gasteiger partial charge is 0.479 e. The van der Waals surface area contributed by atoms with Gasteiger partial charge in [0.1, 0.15) is 12.2 Å². The quantitative estimate of drug-likeness (QED) is 0.457. The first-order valence-corrected chi connectivity index (χ1v) is 5.40. The molecule has 2 rings (SSSR count). The number of carbonyl (C=O) groups is 1. The Morgan fingerprint density at radius 3 is 2.17 bits per heavy atom. The molecule has 1 aromatic heterocycles. The molecule has 1 aliphatic heterocycles. The molecule has 1 aromatic rings. The van der Waals surface area contributed by atoms with Gasteiger partial charge in [0.25, 0.3) is 6.23 Å². The number of rotatable bonds is 2. The molecule has 18 heavy (non-hydrogen) atoms. The van der Waals surface area contributed by atoms with Crippen molar-refractivity contribution in [2.24, 2.45) is 0 Å². The molecule has 0 spiro atoms. The van der Waals surface area contributed by atoms with Gasteiger partial charge in [-0.05, 0) is 0 Å². The summed E-state index contributed by atoms with van der Waals surface area (Å²) in [7, 11) is 0. The number of aromatic nitrogens is 1. The van der Waals surface area contributed by atoms with E-state index in [1.807, 2.05) is 0 Å². The summed E-state index contributed by atoms with van der Waals surface area (Å²) in [5.41, 5.74) is 0. The summed E-state index contributed by atoms with van der Waals surface area (Å²) >= 11 is 0. The molecule has 98 valence electrons. The zero-order valence-corrected chi connectivity index (χ0v) is 9.33. The van der Waals surface area contributed by atoms with Crippen molar-refractivity contribution < 1.29 is 34.5 Å². The van der Waals surface area contributed by atoms with Crippen LogP contribution in [0.15, 0.2) is 30.6 Å². The van der Waals surface area contributed by atoms with E-state index in [0.29, 0.717) is 0 Å². The first-order chi connectivity index (χ1) is 8.52. The predicted octanol–water partition coefficient (Wildman–Crippen LogP) is -1.96. The van der Waals surface area contributed by atoms with Gasteiger partial charge < -0.3 is 25.2 Å². The number of aliphatic hydroxyl groups excluding tert-OH is 3. The Morgan fingerprint density at radius 2 is 1.61 bits per heavy atom. The van der Waals surface area contributed by atoms with E-state index in [1.54, 1.807) is 30.6 Å². The van der Waals surface area contributed by atoms with Crippen LogP contribution in [0.1, 0.15) is 6.23 Å². The molecule has 0 saturated carbocycles. The number of carboxylic acids is 1. The Morgan fingerprint density at radius 1 is 1.00 bits per heavy atom. The summed E-state index contributed by atoms with van der Waals surface area (Å²) in [6, 6.07) is 5.08. The standard InChI is InChI=1S/C11H13NO6/c13-6-7(14)9(11(16)17)18-10(8(6)15)12-4-2-1-3-5-12/h1-10,13-15H/p+1/t6-,7-,8+,9-,10+/m0/s1. The second-order valence-corrected chi connectivity index (χ2v) is 4.08. The predicted molar refractivity (Wildman–Crippen MR) is 56.2 cm³/mol. The lowest BCUT2D eigenvalue weighted by Crippen LogP contribution is -2.63. The van der Waals surface area contributed by atoms with Crippen molar-refractivity contribution in [2.45, 2.75) is 30.6 Å². The van der Waals surface area contributed by atoms with Crippen LogP contribution in [0.5, 0.6) is 0 Å². The third kappa shape index (κ3) is 2.21. The van der Waals surface area contributed by atoms with Crippen molar-refractivity contribution in [3.8, 4) is 0 Å². The van der Waals surface area contributed by atoms with Crippen molar-refractivity contribution in [1.29, 1.82) is 0 Å². The Bertz CT molecular complexity index is 425. The van der Waals surface area contributed by atoms with Crippen LogP contribution in [0.4, 0.5) is 0 Å². The molecular weight excluding hydrogens is 242 g/mol. The lowest BCUT2D eigenvalue weighted by molar-refractivity contribution is -0.777. The molecule has 0 unspecified atom stereocenters. The summed E-state index contributed by atoms with van der Waals surface area (Å²) < 4.78 is 6.56. The highest BCUT2D eigenvalue weighted by atomic mass is 16.6. The molecule has 1 fully saturated rings. The number of aliphatic carboxylic acids is 1. The van der Waals surface area contributed by atoms with Crippen LogP contribution in [-0.2, 0) is 9.53 Å². The van der Waals surface area contributed by atoms with Crippen LogP contribution in [0, 0.1) is 0 Å². The van der Waals surface area contributed by atoms with Gasteiger partial charge in [-0.3, -0.25) is 0 Å². The fraction of sp³-hybridized carbons (Fsp3) is 0.455. The van der Waals surface area contributed by atoms with Crippen molar-refractivity contribution >= 4 is 5.97 Å². The Kier molecular flexibility index (Phi) is 3.58. The van der Waals surface area contributed by atoms with Crippen LogP contribution >= 0.6 is 0 Å². The molecule has 0 aromatic carbocycles. The van der Waals surface area contributed by atoms with E-state index in [1.165, 1.54) is 4.57 Å². The number of ether oxygens (including phenoxy) is 1. The first-order valence-electron chi connectivity index (χ1n) is 5.40. The Balaban J connectivity index is 2.28. The van der Waals surface area contributed by atoms with Crippen molar-refractivity contribution in [1.82, 2.24) is 0 Å². The average molecular weight is 256 g/mol. The zero-order chi connectivity index (χ0) is 13.3. The molecule has 1 aliphatic rings. The van der Waals surface area contributed by atoms with Gasteiger partial charge in [0.15, 0.2) is 24.6 Å². The summed E-state index contributed by atoms with van der Waals surface area (Å²) in [5.74, 6) is -1.39. The summed E-state index contributed by atoms with van der Waals surface area (Å²) in [6.07, 6.45) is -4.18. The van der Waals surface area contributed by atoms with Crippen LogP contribution < -0.4 is 4.57 Å². The number of pyridine rings is 1. The van der Waals surface area contributed by atoms with Gasteiger partial charge in [-0.25, -0.2) is 4.79 Å². The highest BCUT2D eigenvalue weighted by Crippen LogP contribution is 2.24. The minimum Gasteiger partial charge on any atom is -0.479 e. The lowest BCUT2D eigenvalue weighted by Gasteiger charge is -2.35. The molecule has 7 nitrogen and oxygen atoms in total. The van der Waals surface area contributed by atoms with E-state index < -0.39 is 36.6 Å². The highest BCUT2D eigenvalue weighted by Gasteiger charge is 2.50. The van der Waals surface area contributed by atoms with Gasteiger partial charge in [0, 0.05) is 12.1 Å². The molecule has 1 saturated heterocycles. The number of carboxylic acid groups (broad SMARTS) is 1. The molecule has 0 radical (unpaired) electrons. The molecular formula is C11H14NO6+. The normalized spacial score (nSPS) is 36.3. The smallest absolute Gasteiger partial charge is 0.335 e. The molecule has 4 N–H and O–H groups in total. The molecule has 0 bridgehead atoms. The van der Waals surface area contributed by atoms with Crippen LogP contribution in [-0.4, -0.2) is 50.8 Å². The fourth-order valence-electron chi connectivity index (χ4n) is 1.89. The SMILES string of the molecule is O=C(O)[C@H]1O[C@@H]([n+]2ccccc2)[C@H](O)[C@@H](O)[C@@H]1O. The third-order valence-corrected chi connectivity index (χ3v) is 2.86. The summed E-state index contributed by atoms with van der Waals surface area (Å²) in [4.78, 5) is 10.9. The van der Waals surface area contributed by atoms with Crippen LogP contribution in [0.2, 0.25) is 0 Å². The van der Waals surface area contributed by atoms with E-state index in [4.69, 9.17) is 9.84 Å². The maximum absolute atomic E-state index is 10.9. The van der Waals surface area contributed by atoms with Gasteiger partial charge in [-0.15, -0.1) is 0 Å². The Labute approximate surface area is 102 Å². The van der Waals surface area contributed by atoms with Crippen LogP contribution in [0.3, 0.4) is 0 Å². The van der Waals surface area contributed by atoms with Gasteiger partial charge in [0.2, 0.25) is 0 Å². The zero-order valence-electron chi connectivity index (χ0n) is 9.33. The summed E-state index contributed by atoms with van der Waals surface area (Å²) in [5, 5.41) is 37.9. The summed E-state index contributed by atoms with van der Waals surface area (Å²) in [6.45, 7) is 0. The van der Waals surface area contributed by atoms with Gasteiger partial charge in [-0.1, -0.05) is 6.07 Å². The van der Waals surface area contributed by atoms with Crippen LogP contribution in [0.25, 0.3) is 0 Å². The van der Waals surface area contributed by atoms with E-state index in [9.17, 15) is 20.1 Å².